The summed E-state index contributed by atoms with van der Waals surface area (Å²) in [5.41, 5.74) is 0. The van der Waals surface area contributed by atoms with E-state index in [1.54, 1.807) is 27.8 Å². The smallest absolute Gasteiger partial charge is 0 e. The SMILES string of the molecule is C.CS.CSSC.O=O.P.P.P. The lowest BCUT2D eigenvalue weighted by molar-refractivity contribution is 2.50. The van der Waals surface area contributed by atoms with Crippen molar-refractivity contribution in [2.45, 2.75) is 7.43 Å². The van der Waals surface area contributed by atoms with Crippen LogP contribution in [0.1, 0.15) is 7.43 Å². The molecule has 0 aromatic carbocycles. The first kappa shape index (κ1) is 48.5. The second-order valence-electron chi connectivity index (χ2n) is 0.333. The molecule has 0 aliphatic rings. The van der Waals surface area contributed by atoms with Gasteiger partial charge in [0.25, 0.3) is 0 Å². The molecule has 0 aliphatic heterocycles. The Balaban J connectivity index is -0.00000000575. The van der Waals surface area contributed by atoms with Gasteiger partial charge < -0.3 is 0 Å². The quantitative estimate of drug-likeness (QED) is 0.457. The molecule has 0 rings (SSSR count). The van der Waals surface area contributed by atoms with E-state index < -0.39 is 0 Å². The van der Waals surface area contributed by atoms with Crippen LogP contribution >= 0.6 is 63.9 Å². The van der Waals surface area contributed by atoms with Crippen LogP contribution < -0.4 is 0 Å². The Morgan fingerprint density at radius 2 is 0.917 bits per heavy atom. The van der Waals surface area contributed by atoms with Crippen LogP contribution in [0, 0.1) is 9.93 Å². The highest BCUT2D eigenvalue weighted by atomic mass is 33.1. The first-order valence-corrected chi connectivity index (χ1v) is 5.46. The van der Waals surface area contributed by atoms with Gasteiger partial charge in [-0.2, -0.15) is 42.3 Å². The lowest BCUT2D eigenvalue weighted by Crippen LogP contribution is -1.28. The molecule has 0 bridgehead atoms. The zero-order chi connectivity index (χ0) is 7.41. The fourth-order valence-electron chi connectivity index (χ4n) is 0. The van der Waals surface area contributed by atoms with Crippen molar-refractivity contribution in [3.05, 3.63) is 9.93 Å². The summed E-state index contributed by atoms with van der Waals surface area (Å²) in [6.07, 6.45) is 5.81. The van der Waals surface area contributed by atoms with Crippen LogP contribution in [0.25, 0.3) is 0 Å². The molecule has 0 N–H and O–H groups in total. The summed E-state index contributed by atoms with van der Waals surface area (Å²) in [7, 11) is 3.55. The monoisotopic (exact) mass is 292 g/mol. The zero-order valence-corrected chi connectivity index (χ0v) is 14.0. The van der Waals surface area contributed by atoms with Gasteiger partial charge in [0.2, 0.25) is 0 Å². The summed E-state index contributed by atoms with van der Waals surface area (Å²) in [5.74, 6) is 0. The fourth-order valence-corrected chi connectivity index (χ4v) is 0. The van der Waals surface area contributed by atoms with Crippen molar-refractivity contribution in [1.82, 2.24) is 0 Å². The van der Waals surface area contributed by atoms with Crippen molar-refractivity contribution in [2.24, 2.45) is 0 Å². The van der Waals surface area contributed by atoms with E-state index in [1.807, 2.05) is 0 Å². The highest BCUT2D eigenvalue weighted by molar-refractivity contribution is 8.76. The summed E-state index contributed by atoms with van der Waals surface area (Å²) in [6, 6.07) is 0. The van der Waals surface area contributed by atoms with E-state index in [9.17, 15) is 0 Å². The molecule has 12 heavy (non-hydrogen) atoms. The molecule has 0 heterocycles. The van der Waals surface area contributed by atoms with Crippen molar-refractivity contribution in [3.8, 4) is 0 Å². The normalized spacial score (nSPS) is 3.33. The second kappa shape index (κ2) is 119. The maximum absolute atomic E-state index is 7.00. The average Bonchev–Trinajstić information content (AvgIpc) is 1.96. The van der Waals surface area contributed by atoms with E-state index in [4.69, 9.17) is 9.93 Å². The molecule has 3 unspecified atom stereocenters. The minimum atomic E-state index is 0. The molecule has 2 nitrogen and oxygen atoms in total. The first-order valence-electron chi connectivity index (χ1n) is 1.60. The topological polar surface area (TPSA) is 34.1 Å². The molecular formula is C4H23O2P3S3. The standard InChI is InChI=1S/C2H6S2.CH4S.CH4.O2.3H3P/c1-3-4-2;1-2;;1-2;;;/h1-2H3;2H,1H3;1H4;;3*1H3. The van der Waals surface area contributed by atoms with Gasteiger partial charge in [-0.15, -0.1) is 0 Å². The summed E-state index contributed by atoms with van der Waals surface area (Å²) < 4.78 is 0. The van der Waals surface area contributed by atoms with Crippen LogP contribution in [0.3, 0.4) is 0 Å². The average molecular weight is 292 g/mol. The fraction of sp³-hybridized carbons (Fsp3) is 1.00. The molecule has 3 atom stereocenters. The van der Waals surface area contributed by atoms with E-state index in [-0.39, 0.29) is 37.1 Å². The lowest BCUT2D eigenvalue weighted by atomic mass is 12.0. The number of thiol groups is 1. The Hall–Kier alpha value is 1.94. The molecule has 0 saturated carbocycles. The molecule has 0 spiro atoms. The molecular weight excluding hydrogens is 269 g/mol. The largest absolute Gasteiger partial charge is 0.183 e. The third kappa shape index (κ3) is 165. The Labute approximate surface area is 99.8 Å². The third-order valence-corrected chi connectivity index (χ3v) is 1.50. The van der Waals surface area contributed by atoms with Crippen LogP contribution in [-0.4, -0.2) is 18.8 Å². The van der Waals surface area contributed by atoms with Gasteiger partial charge in [0.05, 0.1) is 0 Å². The van der Waals surface area contributed by atoms with Crippen LogP contribution in [-0.2, 0) is 0 Å². The van der Waals surface area contributed by atoms with Gasteiger partial charge in [0.1, 0.15) is 0 Å². The van der Waals surface area contributed by atoms with Gasteiger partial charge >= 0.3 is 0 Å². The van der Waals surface area contributed by atoms with Crippen molar-refractivity contribution < 1.29 is 0 Å². The number of rotatable bonds is 1. The predicted molar refractivity (Wildman–Crippen MR) is 88.7 cm³/mol. The molecule has 0 fully saturated rings. The Morgan fingerprint density at radius 1 is 0.833 bits per heavy atom. The summed E-state index contributed by atoms with van der Waals surface area (Å²) >= 11 is 3.53. The van der Waals surface area contributed by atoms with Crippen LogP contribution in [0.4, 0.5) is 0 Å². The number of hydrogen-bond donors (Lipinski definition) is 1. The van der Waals surface area contributed by atoms with Crippen molar-refractivity contribution >= 4 is 63.9 Å². The zero-order valence-electron chi connectivity index (χ0n) is 7.20. The Morgan fingerprint density at radius 3 is 0.917 bits per heavy atom. The molecule has 0 aliphatic carbocycles. The van der Waals surface area contributed by atoms with Gasteiger partial charge in [-0.1, -0.05) is 29.0 Å². The highest BCUT2D eigenvalue weighted by Crippen LogP contribution is 2.09. The number of hydrogen-bond acceptors (Lipinski definition) is 5. The third-order valence-electron chi connectivity index (χ3n) is 0.167. The van der Waals surface area contributed by atoms with Gasteiger partial charge in [0, 0.05) is 9.93 Å². The van der Waals surface area contributed by atoms with Crippen LogP contribution in [0.5, 0.6) is 0 Å². The van der Waals surface area contributed by atoms with Crippen LogP contribution in [0.2, 0.25) is 0 Å². The van der Waals surface area contributed by atoms with Gasteiger partial charge in [0.15, 0.2) is 0 Å². The molecule has 0 aromatic rings. The predicted octanol–water partition coefficient (Wildman–Crippen LogP) is 3.05. The van der Waals surface area contributed by atoms with Gasteiger partial charge in [-0.25, -0.2) is 0 Å². The molecule has 0 aromatic heterocycles. The molecule has 0 saturated heterocycles. The van der Waals surface area contributed by atoms with Gasteiger partial charge in [-0.05, 0) is 18.8 Å². The summed E-state index contributed by atoms with van der Waals surface area (Å²) in [4.78, 5) is 14.0. The van der Waals surface area contributed by atoms with E-state index in [2.05, 4.69) is 25.1 Å². The minimum absolute atomic E-state index is 0. The van der Waals surface area contributed by atoms with E-state index >= 15 is 0 Å². The summed E-state index contributed by atoms with van der Waals surface area (Å²) in [5, 5.41) is 0. The Bertz CT molecular complexity index is 31.0. The lowest BCUT2D eigenvalue weighted by Gasteiger charge is -1.69. The molecule has 0 radical (unpaired) electrons. The van der Waals surface area contributed by atoms with Crippen molar-refractivity contribution in [3.63, 3.8) is 0 Å². The van der Waals surface area contributed by atoms with E-state index in [0.29, 0.717) is 0 Å². The highest BCUT2D eigenvalue weighted by Gasteiger charge is 1.55. The second-order valence-corrected chi connectivity index (χ2v) is 3.00. The minimum Gasteiger partial charge on any atom is -0.183 e. The van der Waals surface area contributed by atoms with E-state index in [0.717, 1.165) is 0 Å². The summed E-state index contributed by atoms with van der Waals surface area (Å²) in [6.45, 7) is 0. The van der Waals surface area contributed by atoms with Gasteiger partial charge in [-0.3, -0.25) is 0 Å². The molecule has 0 amide bonds. The van der Waals surface area contributed by atoms with Crippen molar-refractivity contribution in [1.29, 1.82) is 0 Å². The first-order chi connectivity index (χ1) is 3.91. The van der Waals surface area contributed by atoms with E-state index in [1.165, 1.54) is 0 Å². The van der Waals surface area contributed by atoms with Crippen molar-refractivity contribution in [2.75, 3.05) is 18.8 Å². The molecule has 84 valence electrons. The Kier molecular flexibility index (Phi) is 480. The maximum atomic E-state index is 7.00. The maximum Gasteiger partial charge on any atom is 0 e. The van der Waals surface area contributed by atoms with Crippen LogP contribution in [0.15, 0.2) is 0 Å². The molecule has 8 heteroatoms.